The summed E-state index contributed by atoms with van der Waals surface area (Å²) in [4.78, 5) is 4.48. The van der Waals surface area contributed by atoms with E-state index < -0.39 is 0 Å². The van der Waals surface area contributed by atoms with Gasteiger partial charge in [-0.3, -0.25) is 4.99 Å². The molecule has 0 spiro atoms. The summed E-state index contributed by atoms with van der Waals surface area (Å²) >= 11 is 0. The van der Waals surface area contributed by atoms with E-state index in [-0.39, 0.29) is 12.2 Å². The van der Waals surface area contributed by atoms with Crippen molar-refractivity contribution in [2.45, 2.75) is 44.3 Å². The monoisotopic (exact) mass is 335 g/mol. The normalized spacial score (nSPS) is 22.8. The summed E-state index contributed by atoms with van der Waals surface area (Å²) < 4.78 is 6.12. The van der Waals surface area contributed by atoms with E-state index in [1.165, 1.54) is 36.0 Å². The number of guanidine groups is 1. The molecule has 2 aromatic carbocycles. The van der Waals surface area contributed by atoms with Crippen LogP contribution in [0, 0.1) is 0 Å². The minimum absolute atomic E-state index is 0.144. The molecule has 2 aliphatic rings. The maximum Gasteiger partial charge on any atom is 0.193 e. The molecule has 2 aromatic rings. The lowest BCUT2D eigenvalue weighted by Crippen LogP contribution is -2.24. The van der Waals surface area contributed by atoms with Crippen molar-refractivity contribution in [1.29, 1.82) is 0 Å². The van der Waals surface area contributed by atoms with Crippen molar-refractivity contribution in [2.24, 2.45) is 10.7 Å². The first kappa shape index (κ1) is 16.2. The molecule has 0 saturated carbocycles. The molecule has 1 saturated heterocycles. The Hall–Kier alpha value is -2.33. The molecule has 0 bridgehead atoms. The number of hydrogen-bond acceptors (Lipinski definition) is 2. The molecule has 130 valence electrons. The highest BCUT2D eigenvalue weighted by molar-refractivity contribution is 5.92. The third kappa shape index (κ3) is 3.85. The van der Waals surface area contributed by atoms with Crippen molar-refractivity contribution in [2.75, 3.05) is 11.9 Å². The van der Waals surface area contributed by atoms with Crippen molar-refractivity contribution >= 4 is 11.6 Å². The van der Waals surface area contributed by atoms with Crippen LogP contribution < -0.4 is 11.1 Å². The van der Waals surface area contributed by atoms with Crippen molar-refractivity contribution in [3.05, 3.63) is 65.2 Å². The van der Waals surface area contributed by atoms with E-state index in [9.17, 15) is 0 Å². The predicted molar refractivity (Wildman–Crippen MR) is 102 cm³/mol. The molecule has 1 aliphatic heterocycles. The van der Waals surface area contributed by atoms with Gasteiger partial charge in [0.2, 0.25) is 0 Å². The number of hydrogen-bond donors (Lipinski definition) is 2. The van der Waals surface area contributed by atoms with Gasteiger partial charge in [-0.25, -0.2) is 0 Å². The molecular formula is C21H25N3O. The van der Waals surface area contributed by atoms with Gasteiger partial charge in [-0.05, 0) is 60.9 Å². The lowest BCUT2D eigenvalue weighted by atomic mass is 10.1. The average molecular weight is 335 g/mol. The Labute approximate surface area is 149 Å². The third-order valence-electron chi connectivity index (χ3n) is 5.12. The van der Waals surface area contributed by atoms with Gasteiger partial charge in [-0.1, -0.05) is 36.4 Å². The minimum atomic E-state index is 0.144. The van der Waals surface area contributed by atoms with E-state index >= 15 is 0 Å². The molecule has 3 N–H and O–H groups in total. The molecular weight excluding hydrogens is 310 g/mol. The third-order valence-corrected chi connectivity index (χ3v) is 5.12. The molecule has 1 heterocycles. The molecule has 25 heavy (non-hydrogen) atoms. The van der Waals surface area contributed by atoms with Gasteiger partial charge in [0.25, 0.3) is 0 Å². The van der Waals surface area contributed by atoms with Gasteiger partial charge in [0, 0.05) is 5.69 Å². The minimum Gasteiger partial charge on any atom is -0.370 e. The fraction of sp³-hybridized carbons (Fsp3) is 0.381. The SMILES string of the molecule is NC(=NC[C@H]1CC[C@H](c2ccccc2)O1)Nc1ccc2c(c1)CCC2. The zero-order chi connectivity index (χ0) is 17.1. The Morgan fingerprint density at radius 2 is 1.92 bits per heavy atom. The number of fused-ring (bicyclic) bond motifs is 1. The van der Waals surface area contributed by atoms with E-state index in [1.807, 2.05) is 6.07 Å². The topological polar surface area (TPSA) is 59.6 Å². The van der Waals surface area contributed by atoms with Crippen LogP contribution in [0.2, 0.25) is 0 Å². The standard InChI is InChI=1S/C21H25N3O/c22-21(24-18-10-9-15-7-4-8-17(15)13-18)23-14-19-11-12-20(25-19)16-5-2-1-3-6-16/h1-3,5-6,9-10,13,19-20H,4,7-8,11-12,14H2,(H3,22,23,24)/t19-,20-/m1/s1. The first-order valence-electron chi connectivity index (χ1n) is 9.17. The summed E-state index contributed by atoms with van der Waals surface area (Å²) in [6.07, 6.45) is 6.01. The van der Waals surface area contributed by atoms with E-state index in [0.717, 1.165) is 18.5 Å². The van der Waals surface area contributed by atoms with Crippen LogP contribution in [0.15, 0.2) is 53.5 Å². The Morgan fingerprint density at radius 1 is 1.08 bits per heavy atom. The largest absolute Gasteiger partial charge is 0.370 e. The van der Waals surface area contributed by atoms with Gasteiger partial charge in [0.1, 0.15) is 0 Å². The fourth-order valence-corrected chi connectivity index (χ4v) is 3.79. The molecule has 0 radical (unpaired) electrons. The Balaban J connectivity index is 1.31. The number of nitrogens with zero attached hydrogens (tertiary/aromatic N) is 1. The van der Waals surface area contributed by atoms with E-state index in [1.54, 1.807) is 0 Å². The Bertz CT molecular complexity index is 757. The number of aliphatic imine (C=N–C) groups is 1. The molecule has 1 fully saturated rings. The molecule has 0 aromatic heterocycles. The summed E-state index contributed by atoms with van der Waals surface area (Å²) in [7, 11) is 0. The second-order valence-corrected chi connectivity index (χ2v) is 6.92. The van der Waals surface area contributed by atoms with Gasteiger partial charge in [0.15, 0.2) is 5.96 Å². The van der Waals surface area contributed by atoms with Crippen LogP contribution in [0.5, 0.6) is 0 Å². The van der Waals surface area contributed by atoms with Crippen LogP contribution in [0.1, 0.15) is 42.1 Å². The zero-order valence-electron chi connectivity index (χ0n) is 14.4. The number of benzene rings is 2. The first-order valence-corrected chi connectivity index (χ1v) is 9.17. The molecule has 1 aliphatic carbocycles. The number of anilines is 1. The smallest absolute Gasteiger partial charge is 0.193 e. The summed E-state index contributed by atoms with van der Waals surface area (Å²) in [5.74, 6) is 0.463. The van der Waals surface area contributed by atoms with Crippen LogP contribution in [0.25, 0.3) is 0 Å². The average Bonchev–Trinajstić information content (AvgIpc) is 3.30. The molecule has 2 atom stereocenters. The van der Waals surface area contributed by atoms with Gasteiger partial charge >= 0.3 is 0 Å². The zero-order valence-corrected chi connectivity index (χ0v) is 14.4. The maximum atomic E-state index is 6.12. The van der Waals surface area contributed by atoms with Crippen molar-refractivity contribution in [3.8, 4) is 0 Å². The molecule has 4 rings (SSSR count). The van der Waals surface area contributed by atoms with E-state index in [4.69, 9.17) is 10.5 Å². The Kier molecular flexibility index (Phi) is 4.70. The van der Waals surface area contributed by atoms with Crippen LogP contribution in [-0.2, 0) is 17.6 Å². The number of nitrogens with two attached hydrogens (primary N) is 1. The lowest BCUT2D eigenvalue weighted by molar-refractivity contribution is 0.0501. The van der Waals surface area contributed by atoms with E-state index in [0.29, 0.717) is 12.5 Å². The highest BCUT2D eigenvalue weighted by atomic mass is 16.5. The number of aryl methyl sites for hydroxylation is 2. The molecule has 4 nitrogen and oxygen atoms in total. The maximum absolute atomic E-state index is 6.12. The molecule has 0 unspecified atom stereocenters. The number of rotatable bonds is 4. The Morgan fingerprint density at radius 3 is 2.80 bits per heavy atom. The van der Waals surface area contributed by atoms with Crippen LogP contribution in [0.3, 0.4) is 0 Å². The van der Waals surface area contributed by atoms with Gasteiger partial charge in [0.05, 0.1) is 18.8 Å². The van der Waals surface area contributed by atoms with Gasteiger partial charge in [-0.2, -0.15) is 0 Å². The van der Waals surface area contributed by atoms with Crippen LogP contribution in [0.4, 0.5) is 5.69 Å². The predicted octanol–water partition coefficient (Wildman–Crippen LogP) is 3.82. The van der Waals surface area contributed by atoms with Crippen molar-refractivity contribution in [1.82, 2.24) is 0 Å². The summed E-state index contributed by atoms with van der Waals surface area (Å²) in [5.41, 5.74) is 11.2. The lowest BCUT2D eigenvalue weighted by Gasteiger charge is -2.13. The van der Waals surface area contributed by atoms with Crippen molar-refractivity contribution in [3.63, 3.8) is 0 Å². The molecule has 4 heteroatoms. The van der Waals surface area contributed by atoms with Crippen molar-refractivity contribution < 1.29 is 4.74 Å². The van der Waals surface area contributed by atoms with Crippen LogP contribution >= 0.6 is 0 Å². The summed E-state index contributed by atoms with van der Waals surface area (Å²) in [6, 6.07) is 16.9. The molecule has 0 amide bonds. The van der Waals surface area contributed by atoms with Gasteiger partial charge < -0.3 is 15.8 Å². The summed E-state index contributed by atoms with van der Waals surface area (Å²) in [5, 5.41) is 3.21. The second kappa shape index (κ2) is 7.28. The van der Waals surface area contributed by atoms with Gasteiger partial charge in [-0.15, -0.1) is 0 Å². The number of ether oxygens (including phenoxy) is 1. The van der Waals surface area contributed by atoms with E-state index in [2.05, 4.69) is 52.8 Å². The summed E-state index contributed by atoms with van der Waals surface area (Å²) in [6.45, 7) is 0.604. The highest BCUT2D eigenvalue weighted by Crippen LogP contribution is 2.32. The highest BCUT2D eigenvalue weighted by Gasteiger charge is 2.26. The second-order valence-electron chi connectivity index (χ2n) is 6.92. The quantitative estimate of drug-likeness (QED) is 0.659. The van der Waals surface area contributed by atoms with Crippen LogP contribution in [-0.4, -0.2) is 18.6 Å². The first-order chi connectivity index (χ1) is 12.3. The number of nitrogens with one attached hydrogen (secondary N) is 1. The fourth-order valence-electron chi connectivity index (χ4n) is 3.79.